The number of rotatable bonds is 7. The van der Waals surface area contributed by atoms with Gasteiger partial charge in [-0.25, -0.2) is 0 Å². The van der Waals surface area contributed by atoms with Crippen LogP contribution in [0.5, 0.6) is 11.5 Å². The normalized spacial score (nSPS) is 9.62. The molecular weight excluding hydrogens is 209 g/mol. The third-order valence-electron chi connectivity index (χ3n) is 1.75. The fourth-order valence-electron chi connectivity index (χ4n) is 1.08. The van der Waals surface area contributed by atoms with Gasteiger partial charge in [0.2, 0.25) is 0 Å². The summed E-state index contributed by atoms with van der Waals surface area (Å²) >= 11 is 0. The zero-order valence-electron chi connectivity index (χ0n) is 8.87. The van der Waals surface area contributed by atoms with Crippen LogP contribution >= 0.6 is 0 Å². The molecule has 0 radical (unpaired) electrons. The summed E-state index contributed by atoms with van der Waals surface area (Å²) in [7, 11) is -1.85. The lowest BCUT2D eigenvalue weighted by Crippen LogP contribution is -2.20. The lowest BCUT2D eigenvalue weighted by Gasteiger charge is -2.07. The molecule has 0 aromatic carbocycles. The molecule has 1 rings (SSSR count). The molecule has 86 valence electrons. The van der Waals surface area contributed by atoms with Crippen molar-refractivity contribution in [3.8, 4) is 11.5 Å². The summed E-state index contributed by atoms with van der Waals surface area (Å²) in [4.78, 5) is 3.84. The molecule has 1 aromatic rings. The van der Waals surface area contributed by atoms with Crippen molar-refractivity contribution in [2.45, 2.75) is 12.8 Å². The Bertz CT molecular complexity index is 332. The quantitative estimate of drug-likeness (QED) is 0.406. The third kappa shape index (κ3) is 4.81. The molecule has 1 aromatic heterocycles. The first-order chi connectivity index (χ1) is 7.72. The summed E-state index contributed by atoms with van der Waals surface area (Å²) in [6.07, 6.45) is 6.49. The van der Waals surface area contributed by atoms with E-state index in [1.165, 1.54) is 12.4 Å². The fraction of sp³-hybridized carbons (Fsp3) is 0.300. The second kappa shape index (κ2) is 6.87. The van der Waals surface area contributed by atoms with Gasteiger partial charge in [-0.05, 0) is 12.8 Å². The number of hydrogen-bond donors (Lipinski definition) is 2. The van der Waals surface area contributed by atoms with Gasteiger partial charge in [-0.1, -0.05) is 6.08 Å². The van der Waals surface area contributed by atoms with Crippen molar-refractivity contribution < 1.29 is 19.4 Å². The van der Waals surface area contributed by atoms with Crippen LogP contribution in [-0.2, 0) is 0 Å². The molecule has 5 nitrogen and oxygen atoms in total. The average Bonchev–Trinajstić information content (AvgIpc) is 2.24. The van der Waals surface area contributed by atoms with Crippen LogP contribution in [0.3, 0.4) is 0 Å². The summed E-state index contributed by atoms with van der Waals surface area (Å²) < 4.78 is 10.0. The van der Waals surface area contributed by atoms with E-state index in [0.29, 0.717) is 12.4 Å². The summed E-state index contributed by atoms with van der Waals surface area (Å²) in [5.41, 5.74) is 0. The molecule has 16 heavy (non-hydrogen) atoms. The van der Waals surface area contributed by atoms with Gasteiger partial charge in [0.25, 0.3) is 0 Å². The Morgan fingerprint density at radius 2 is 2.12 bits per heavy atom. The van der Waals surface area contributed by atoms with Gasteiger partial charge in [0, 0.05) is 6.07 Å². The monoisotopic (exact) mass is 223 g/mol. The number of allylic oxidation sites excluding steroid dienone is 1. The highest BCUT2D eigenvalue weighted by molar-refractivity contribution is 6.33. The maximum absolute atomic E-state index is 8.60. The summed E-state index contributed by atoms with van der Waals surface area (Å²) in [6.45, 7) is 4.16. The molecule has 0 spiro atoms. The van der Waals surface area contributed by atoms with Gasteiger partial charge in [-0.15, -0.1) is 6.58 Å². The zero-order valence-corrected chi connectivity index (χ0v) is 8.87. The summed E-state index contributed by atoms with van der Waals surface area (Å²) in [5, 5.41) is 17.2. The molecule has 6 heteroatoms. The van der Waals surface area contributed by atoms with Crippen LogP contribution in [0, 0.1) is 0 Å². The smallest absolute Gasteiger partial charge is 0.511 e. The van der Waals surface area contributed by atoms with Crippen LogP contribution < -0.4 is 9.39 Å². The maximum atomic E-state index is 8.60. The molecule has 0 saturated heterocycles. The molecule has 0 bridgehead atoms. The van der Waals surface area contributed by atoms with E-state index in [1.807, 2.05) is 6.08 Å². The molecule has 0 aliphatic heterocycles. The van der Waals surface area contributed by atoms with Gasteiger partial charge in [0.05, 0.1) is 19.0 Å². The highest BCUT2D eigenvalue weighted by atomic mass is 16.6. The molecule has 1 heterocycles. The van der Waals surface area contributed by atoms with Crippen LogP contribution in [0.1, 0.15) is 12.8 Å². The van der Waals surface area contributed by atoms with Crippen LogP contribution in [0.2, 0.25) is 0 Å². The van der Waals surface area contributed by atoms with Crippen molar-refractivity contribution in [1.29, 1.82) is 0 Å². The number of ether oxygens (including phenoxy) is 1. The first-order valence-electron chi connectivity index (χ1n) is 4.94. The Labute approximate surface area is 94.5 Å². The van der Waals surface area contributed by atoms with E-state index in [1.54, 1.807) is 6.07 Å². The lowest BCUT2D eigenvalue weighted by molar-refractivity contribution is 0.284. The Kier molecular flexibility index (Phi) is 5.38. The van der Waals surface area contributed by atoms with Crippen molar-refractivity contribution >= 4 is 7.32 Å². The van der Waals surface area contributed by atoms with Gasteiger partial charge in [-0.3, -0.25) is 4.98 Å². The van der Waals surface area contributed by atoms with Crippen LogP contribution in [-0.4, -0.2) is 29.0 Å². The first kappa shape index (κ1) is 12.5. The van der Waals surface area contributed by atoms with Crippen molar-refractivity contribution in [2.75, 3.05) is 6.61 Å². The predicted octanol–water partition coefficient (Wildman–Crippen LogP) is 0.775. The topological polar surface area (TPSA) is 71.8 Å². The molecule has 0 fully saturated rings. The standard InChI is InChI=1S/C10H14BNO4/c1-2-3-4-5-15-9-6-10(8-12-7-9)16-11(13)14/h2,6-8,13-14H,1,3-5H2. The second-order valence-electron chi connectivity index (χ2n) is 3.08. The average molecular weight is 223 g/mol. The van der Waals surface area contributed by atoms with Crippen molar-refractivity contribution in [3.63, 3.8) is 0 Å². The zero-order chi connectivity index (χ0) is 11.8. The van der Waals surface area contributed by atoms with E-state index in [2.05, 4.69) is 16.2 Å². The number of pyridine rings is 1. The Balaban J connectivity index is 2.43. The van der Waals surface area contributed by atoms with E-state index >= 15 is 0 Å². The van der Waals surface area contributed by atoms with Crippen molar-refractivity contribution in [1.82, 2.24) is 4.98 Å². The highest BCUT2D eigenvalue weighted by Crippen LogP contribution is 2.17. The van der Waals surface area contributed by atoms with E-state index in [4.69, 9.17) is 14.8 Å². The largest absolute Gasteiger partial charge is 0.707 e. The molecular formula is C10H14BNO4. The number of hydrogen-bond acceptors (Lipinski definition) is 5. The van der Waals surface area contributed by atoms with Gasteiger partial charge < -0.3 is 19.4 Å². The molecule has 0 atom stereocenters. The lowest BCUT2D eigenvalue weighted by atomic mass is 10.2. The second-order valence-corrected chi connectivity index (χ2v) is 3.08. The summed E-state index contributed by atoms with van der Waals surface area (Å²) in [6, 6.07) is 1.54. The van der Waals surface area contributed by atoms with Gasteiger partial charge in [0.1, 0.15) is 11.5 Å². The minimum absolute atomic E-state index is 0.247. The van der Waals surface area contributed by atoms with Gasteiger partial charge >= 0.3 is 7.32 Å². The van der Waals surface area contributed by atoms with Crippen molar-refractivity contribution in [3.05, 3.63) is 31.1 Å². The van der Waals surface area contributed by atoms with E-state index in [0.717, 1.165) is 12.8 Å². The van der Waals surface area contributed by atoms with E-state index < -0.39 is 7.32 Å². The first-order valence-corrected chi connectivity index (χ1v) is 4.94. The molecule has 0 unspecified atom stereocenters. The number of unbranched alkanes of at least 4 members (excludes halogenated alkanes) is 1. The number of aromatic nitrogens is 1. The number of nitrogens with zero attached hydrogens (tertiary/aromatic N) is 1. The predicted molar refractivity (Wildman–Crippen MR) is 60.0 cm³/mol. The fourth-order valence-corrected chi connectivity index (χ4v) is 1.08. The SMILES string of the molecule is C=CCCCOc1cncc(OB(O)O)c1. The molecule has 0 aliphatic rings. The van der Waals surface area contributed by atoms with E-state index in [9.17, 15) is 0 Å². The van der Waals surface area contributed by atoms with Crippen molar-refractivity contribution in [2.24, 2.45) is 0 Å². The molecule has 0 saturated carbocycles. The Morgan fingerprint density at radius 1 is 1.38 bits per heavy atom. The van der Waals surface area contributed by atoms with Gasteiger partial charge in [0.15, 0.2) is 0 Å². The maximum Gasteiger partial charge on any atom is 0.707 e. The van der Waals surface area contributed by atoms with Gasteiger partial charge in [-0.2, -0.15) is 0 Å². The Morgan fingerprint density at radius 3 is 2.81 bits per heavy atom. The third-order valence-corrected chi connectivity index (χ3v) is 1.75. The molecule has 0 aliphatic carbocycles. The highest BCUT2D eigenvalue weighted by Gasteiger charge is 2.11. The summed E-state index contributed by atoms with van der Waals surface area (Å²) in [5.74, 6) is 0.776. The van der Waals surface area contributed by atoms with E-state index in [-0.39, 0.29) is 5.75 Å². The molecule has 0 amide bonds. The molecule has 2 N–H and O–H groups in total. The minimum Gasteiger partial charge on any atom is -0.511 e. The van der Waals surface area contributed by atoms with Crippen LogP contribution in [0.25, 0.3) is 0 Å². The van der Waals surface area contributed by atoms with Crippen LogP contribution in [0.15, 0.2) is 31.1 Å². The minimum atomic E-state index is -1.85. The Hall–Kier alpha value is -1.53. The van der Waals surface area contributed by atoms with Crippen LogP contribution in [0.4, 0.5) is 0 Å².